The van der Waals surface area contributed by atoms with E-state index in [1.165, 1.54) is 12.1 Å². The fraction of sp³-hybridized carbons (Fsp3) is 0.136. The number of benzene rings is 3. The monoisotopic (exact) mass is 486 g/mol. The number of rotatable bonds is 5. The van der Waals surface area contributed by atoms with E-state index in [1.54, 1.807) is 36.4 Å². The first kappa shape index (κ1) is 20.4. The number of sulfonamides is 1. The second-order valence-electron chi connectivity index (χ2n) is 6.84. The number of ether oxygens (including phenoxy) is 1. The van der Waals surface area contributed by atoms with Gasteiger partial charge in [0, 0.05) is 27.7 Å². The highest BCUT2D eigenvalue weighted by atomic mass is 79.9. The first-order valence-corrected chi connectivity index (χ1v) is 11.6. The van der Waals surface area contributed by atoms with E-state index in [9.17, 15) is 13.2 Å². The van der Waals surface area contributed by atoms with Gasteiger partial charge in [-0.1, -0.05) is 40.2 Å². The lowest BCUT2D eigenvalue weighted by Gasteiger charge is -2.26. The fourth-order valence-electron chi connectivity index (χ4n) is 3.27. The zero-order chi connectivity index (χ0) is 21.1. The molecule has 8 heteroatoms. The van der Waals surface area contributed by atoms with Crippen LogP contribution in [-0.2, 0) is 10.0 Å². The van der Waals surface area contributed by atoms with Gasteiger partial charge < -0.3 is 10.1 Å². The van der Waals surface area contributed by atoms with Gasteiger partial charge in [0.25, 0.3) is 15.9 Å². The molecule has 0 saturated heterocycles. The Morgan fingerprint density at radius 3 is 2.57 bits per heavy atom. The molecule has 154 valence electrons. The summed E-state index contributed by atoms with van der Waals surface area (Å²) in [6.07, 6.45) is 0.645. The van der Waals surface area contributed by atoms with Crippen LogP contribution in [0.4, 0.5) is 5.69 Å². The van der Waals surface area contributed by atoms with E-state index in [0.29, 0.717) is 18.7 Å². The quantitative estimate of drug-likeness (QED) is 0.555. The van der Waals surface area contributed by atoms with Gasteiger partial charge >= 0.3 is 0 Å². The topological polar surface area (TPSA) is 84.5 Å². The maximum atomic E-state index is 12.8. The molecule has 0 fully saturated rings. The number of carbonyl (C=O) groups excluding carboxylic acids is 1. The van der Waals surface area contributed by atoms with E-state index < -0.39 is 10.0 Å². The van der Waals surface area contributed by atoms with Gasteiger partial charge in [-0.25, -0.2) is 8.42 Å². The van der Waals surface area contributed by atoms with E-state index in [-0.39, 0.29) is 22.4 Å². The highest BCUT2D eigenvalue weighted by Crippen LogP contribution is 2.31. The van der Waals surface area contributed by atoms with Gasteiger partial charge in [-0.05, 0) is 48.5 Å². The minimum absolute atomic E-state index is 0.0189. The minimum atomic E-state index is -3.83. The summed E-state index contributed by atoms with van der Waals surface area (Å²) in [6.45, 7) is 0.507. The molecular weight excluding hydrogens is 468 g/mol. The molecule has 0 bridgehead atoms. The number of amides is 1. The van der Waals surface area contributed by atoms with Gasteiger partial charge in [0.1, 0.15) is 5.75 Å². The van der Waals surface area contributed by atoms with Gasteiger partial charge in [0.05, 0.1) is 17.5 Å². The molecule has 6 nitrogen and oxygen atoms in total. The maximum Gasteiger partial charge on any atom is 0.261 e. The van der Waals surface area contributed by atoms with Crippen LogP contribution < -0.4 is 14.8 Å². The molecule has 3 aromatic carbocycles. The summed E-state index contributed by atoms with van der Waals surface area (Å²) in [5.74, 6) is 0.418. The van der Waals surface area contributed by atoms with Crippen molar-refractivity contribution >= 4 is 37.5 Å². The number of carbonyl (C=O) groups is 1. The number of para-hydroxylation sites is 1. The molecule has 0 aromatic heterocycles. The molecule has 2 N–H and O–H groups in total. The predicted molar refractivity (Wildman–Crippen MR) is 118 cm³/mol. The molecule has 0 radical (unpaired) electrons. The van der Waals surface area contributed by atoms with Crippen LogP contribution in [0.25, 0.3) is 0 Å². The van der Waals surface area contributed by atoms with Crippen molar-refractivity contribution < 1.29 is 17.9 Å². The molecule has 1 atom stereocenters. The van der Waals surface area contributed by atoms with Crippen LogP contribution in [0.2, 0.25) is 0 Å². The lowest BCUT2D eigenvalue weighted by Crippen LogP contribution is -2.32. The molecule has 1 unspecified atom stereocenters. The van der Waals surface area contributed by atoms with E-state index >= 15 is 0 Å². The van der Waals surface area contributed by atoms with Crippen molar-refractivity contribution in [3.63, 3.8) is 0 Å². The molecule has 0 saturated carbocycles. The number of halogens is 1. The van der Waals surface area contributed by atoms with Gasteiger partial charge in [0.15, 0.2) is 0 Å². The molecule has 3 aromatic rings. The Hall–Kier alpha value is -2.84. The van der Waals surface area contributed by atoms with Crippen LogP contribution in [0, 0.1) is 0 Å². The SMILES string of the molecule is O=C(NC1CCOc2ccccc21)c1cccc(S(=O)(=O)Nc2ccc(Br)cc2)c1. The number of fused-ring (bicyclic) bond motifs is 1. The number of nitrogens with one attached hydrogen (secondary N) is 2. The van der Waals surface area contributed by atoms with Crippen molar-refractivity contribution in [3.05, 3.63) is 88.4 Å². The first-order chi connectivity index (χ1) is 14.4. The Bertz CT molecular complexity index is 1180. The van der Waals surface area contributed by atoms with Crippen LogP contribution in [0.5, 0.6) is 5.75 Å². The molecule has 4 rings (SSSR count). The van der Waals surface area contributed by atoms with E-state index in [0.717, 1.165) is 15.8 Å². The molecule has 0 spiro atoms. The normalized spacial score (nSPS) is 15.6. The van der Waals surface area contributed by atoms with Crippen LogP contribution in [0.15, 0.2) is 82.2 Å². The summed E-state index contributed by atoms with van der Waals surface area (Å²) in [6, 6.07) is 20.2. The molecular formula is C22H19BrN2O4S. The molecule has 1 amide bonds. The van der Waals surface area contributed by atoms with E-state index in [4.69, 9.17) is 4.74 Å². The summed E-state index contributed by atoms with van der Waals surface area (Å²) in [7, 11) is -3.83. The van der Waals surface area contributed by atoms with Crippen LogP contribution >= 0.6 is 15.9 Å². The van der Waals surface area contributed by atoms with Gasteiger partial charge in [0.2, 0.25) is 0 Å². The zero-order valence-electron chi connectivity index (χ0n) is 15.8. The third-order valence-corrected chi connectivity index (χ3v) is 6.67. The van der Waals surface area contributed by atoms with E-state index in [1.807, 2.05) is 24.3 Å². The highest BCUT2D eigenvalue weighted by molar-refractivity contribution is 9.10. The predicted octanol–water partition coefficient (Wildman–Crippen LogP) is 4.50. The van der Waals surface area contributed by atoms with Gasteiger partial charge in [-0.15, -0.1) is 0 Å². The molecule has 0 aliphatic carbocycles. The lowest BCUT2D eigenvalue weighted by atomic mass is 10.00. The molecule has 1 aliphatic heterocycles. The smallest absolute Gasteiger partial charge is 0.261 e. The Kier molecular flexibility index (Phi) is 5.78. The van der Waals surface area contributed by atoms with Gasteiger partial charge in [-0.3, -0.25) is 9.52 Å². The van der Waals surface area contributed by atoms with Crippen molar-refractivity contribution in [2.24, 2.45) is 0 Å². The Labute approximate surface area is 183 Å². The summed E-state index contributed by atoms with van der Waals surface area (Å²) < 4.78 is 34.5. The summed E-state index contributed by atoms with van der Waals surface area (Å²) in [5.41, 5.74) is 1.63. The lowest BCUT2D eigenvalue weighted by molar-refractivity contribution is 0.0924. The first-order valence-electron chi connectivity index (χ1n) is 9.33. The van der Waals surface area contributed by atoms with Gasteiger partial charge in [-0.2, -0.15) is 0 Å². The van der Waals surface area contributed by atoms with Crippen molar-refractivity contribution in [3.8, 4) is 5.75 Å². The van der Waals surface area contributed by atoms with Crippen molar-refractivity contribution in [1.29, 1.82) is 0 Å². The third-order valence-electron chi connectivity index (χ3n) is 4.77. The number of hydrogen-bond donors (Lipinski definition) is 2. The Morgan fingerprint density at radius 2 is 1.77 bits per heavy atom. The van der Waals surface area contributed by atoms with Crippen LogP contribution in [-0.4, -0.2) is 20.9 Å². The number of hydrogen-bond acceptors (Lipinski definition) is 4. The zero-order valence-corrected chi connectivity index (χ0v) is 18.2. The number of anilines is 1. The molecule has 30 heavy (non-hydrogen) atoms. The highest BCUT2D eigenvalue weighted by Gasteiger charge is 2.24. The van der Waals surface area contributed by atoms with Crippen molar-refractivity contribution in [2.45, 2.75) is 17.4 Å². The second-order valence-corrected chi connectivity index (χ2v) is 9.44. The Balaban J connectivity index is 1.53. The van der Waals surface area contributed by atoms with E-state index in [2.05, 4.69) is 26.0 Å². The van der Waals surface area contributed by atoms with Crippen LogP contribution in [0.3, 0.4) is 0 Å². The average molecular weight is 487 g/mol. The van der Waals surface area contributed by atoms with Crippen LogP contribution in [0.1, 0.15) is 28.4 Å². The summed E-state index contributed by atoms with van der Waals surface area (Å²) in [5, 5.41) is 2.99. The second kappa shape index (κ2) is 8.49. The largest absolute Gasteiger partial charge is 0.493 e. The minimum Gasteiger partial charge on any atom is -0.493 e. The average Bonchev–Trinajstić information content (AvgIpc) is 2.75. The Morgan fingerprint density at radius 1 is 1.00 bits per heavy atom. The van der Waals surface area contributed by atoms with Crippen molar-refractivity contribution in [2.75, 3.05) is 11.3 Å². The van der Waals surface area contributed by atoms with Crippen molar-refractivity contribution in [1.82, 2.24) is 5.32 Å². The third kappa shape index (κ3) is 4.49. The summed E-state index contributed by atoms with van der Waals surface area (Å²) >= 11 is 3.32. The molecule has 1 aliphatic rings. The fourth-order valence-corrected chi connectivity index (χ4v) is 4.64. The standard InChI is InChI=1S/C22H19BrN2O4S/c23-16-8-10-17(11-9-16)25-30(27,28)18-5-3-4-15(14-18)22(26)24-20-12-13-29-21-7-2-1-6-19(20)21/h1-11,14,20,25H,12-13H2,(H,24,26). The molecule has 1 heterocycles. The maximum absolute atomic E-state index is 12.8. The summed E-state index contributed by atoms with van der Waals surface area (Å²) in [4.78, 5) is 12.8.